The molecule has 1 aromatic rings. The molecule has 1 saturated heterocycles. The quantitative estimate of drug-likeness (QED) is 0.785. The highest BCUT2D eigenvalue weighted by atomic mass is 16.5. The molecule has 1 atom stereocenters. The van der Waals surface area contributed by atoms with Crippen molar-refractivity contribution in [3.8, 4) is 0 Å². The van der Waals surface area contributed by atoms with Crippen LogP contribution in [0.5, 0.6) is 0 Å². The van der Waals surface area contributed by atoms with Crippen LogP contribution in [0, 0.1) is 5.92 Å². The molecule has 0 bridgehead atoms. The summed E-state index contributed by atoms with van der Waals surface area (Å²) in [5, 5.41) is 12.0. The molecule has 0 aliphatic carbocycles. The van der Waals surface area contributed by atoms with Crippen LogP contribution in [0.2, 0.25) is 0 Å². The van der Waals surface area contributed by atoms with Crippen LogP contribution in [0.3, 0.4) is 0 Å². The van der Waals surface area contributed by atoms with Gasteiger partial charge in [-0.3, -0.25) is 0 Å². The standard InChI is InChI=1S/C11H15NO4/c13-11(14)10-9(2-4-16-10)6-12-5-8-1-3-15-7-8/h2,4,8,12H,1,3,5-7H2,(H,13,14). The van der Waals surface area contributed by atoms with Gasteiger partial charge in [0.15, 0.2) is 0 Å². The smallest absolute Gasteiger partial charge is 0.372 e. The van der Waals surface area contributed by atoms with Crippen molar-refractivity contribution in [3.05, 3.63) is 23.7 Å². The summed E-state index contributed by atoms with van der Waals surface area (Å²) in [4.78, 5) is 10.8. The Bertz CT molecular complexity index is 355. The maximum Gasteiger partial charge on any atom is 0.372 e. The van der Waals surface area contributed by atoms with E-state index in [0.717, 1.165) is 26.2 Å². The third-order valence-corrected chi connectivity index (χ3v) is 2.71. The van der Waals surface area contributed by atoms with E-state index in [1.54, 1.807) is 6.07 Å². The van der Waals surface area contributed by atoms with Crippen molar-refractivity contribution in [1.82, 2.24) is 5.32 Å². The summed E-state index contributed by atoms with van der Waals surface area (Å²) >= 11 is 0. The molecule has 0 saturated carbocycles. The van der Waals surface area contributed by atoms with E-state index in [0.29, 0.717) is 18.0 Å². The van der Waals surface area contributed by atoms with Crippen molar-refractivity contribution in [1.29, 1.82) is 0 Å². The Morgan fingerprint density at radius 1 is 1.62 bits per heavy atom. The highest BCUT2D eigenvalue weighted by Crippen LogP contribution is 2.13. The molecule has 2 rings (SSSR count). The molecule has 1 fully saturated rings. The lowest BCUT2D eigenvalue weighted by atomic mass is 10.1. The van der Waals surface area contributed by atoms with Crippen LogP contribution in [0.4, 0.5) is 0 Å². The van der Waals surface area contributed by atoms with Crippen molar-refractivity contribution >= 4 is 5.97 Å². The van der Waals surface area contributed by atoms with E-state index in [1.165, 1.54) is 6.26 Å². The van der Waals surface area contributed by atoms with E-state index in [9.17, 15) is 4.79 Å². The number of hydrogen-bond donors (Lipinski definition) is 2. The van der Waals surface area contributed by atoms with Gasteiger partial charge >= 0.3 is 5.97 Å². The largest absolute Gasteiger partial charge is 0.475 e. The van der Waals surface area contributed by atoms with Crippen molar-refractivity contribution in [2.24, 2.45) is 5.92 Å². The van der Waals surface area contributed by atoms with E-state index >= 15 is 0 Å². The highest BCUT2D eigenvalue weighted by Gasteiger charge is 2.16. The fourth-order valence-corrected chi connectivity index (χ4v) is 1.82. The number of ether oxygens (including phenoxy) is 1. The number of nitrogens with one attached hydrogen (secondary N) is 1. The predicted octanol–water partition coefficient (Wildman–Crippen LogP) is 1.10. The number of carboxylic acids is 1. The van der Waals surface area contributed by atoms with Crippen LogP contribution in [-0.2, 0) is 11.3 Å². The summed E-state index contributed by atoms with van der Waals surface area (Å²) in [6, 6.07) is 1.68. The first kappa shape index (κ1) is 11.2. The number of carbonyl (C=O) groups is 1. The summed E-state index contributed by atoms with van der Waals surface area (Å²) in [5.41, 5.74) is 0.686. The first-order valence-corrected chi connectivity index (χ1v) is 5.35. The lowest BCUT2D eigenvalue weighted by Crippen LogP contribution is -2.23. The Morgan fingerprint density at radius 3 is 3.19 bits per heavy atom. The second-order valence-corrected chi connectivity index (χ2v) is 3.94. The minimum absolute atomic E-state index is 0.0233. The Kier molecular flexibility index (Phi) is 3.58. The third-order valence-electron chi connectivity index (χ3n) is 2.71. The molecule has 16 heavy (non-hydrogen) atoms. The fourth-order valence-electron chi connectivity index (χ4n) is 1.82. The van der Waals surface area contributed by atoms with Crippen molar-refractivity contribution < 1.29 is 19.1 Å². The van der Waals surface area contributed by atoms with Crippen LogP contribution in [0.1, 0.15) is 22.5 Å². The molecule has 2 heterocycles. The minimum Gasteiger partial charge on any atom is -0.475 e. The zero-order chi connectivity index (χ0) is 11.4. The van der Waals surface area contributed by atoms with Gasteiger partial charge in [0.1, 0.15) is 0 Å². The molecule has 2 N–H and O–H groups in total. The number of rotatable bonds is 5. The first-order chi connectivity index (χ1) is 7.77. The average molecular weight is 225 g/mol. The number of hydrogen-bond acceptors (Lipinski definition) is 4. The maximum absolute atomic E-state index is 10.8. The SMILES string of the molecule is O=C(O)c1occc1CNCC1CCOC1. The van der Waals surface area contributed by atoms with Gasteiger partial charge < -0.3 is 19.6 Å². The molecule has 0 aromatic carbocycles. The van der Waals surface area contributed by atoms with Crippen LogP contribution in [0.25, 0.3) is 0 Å². The monoisotopic (exact) mass is 225 g/mol. The van der Waals surface area contributed by atoms with Gasteiger partial charge in [0.05, 0.1) is 12.9 Å². The molecule has 88 valence electrons. The van der Waals surface area contributed by atoms with Gasteiger partial charge in [-0.25, -0.2) is 4.79 Å². The zero-order valence-corrected chi connectivity index (χ0v) is 8.94. The number of furan rings is 1. The molecule has 1 aromatic heterocycles. The molecule has 1 unspecified atom stereocenters. The van der Waals surface area contributed by atoms with E-state index < -0.39 is 5.97 Å². The minimum atomic E-state index is -1.02. The van der Waals surface area contributed by atoms with Gasteiger partial charge in [0, 0.05) is 25.3 Å². The van der Waals surface area contributed by atoms with E-state index in [2.05, 4.69) is 5.32 Å². The topological polar surface area (TPSA) is 71.7 Å². The maximum atomic E-state index is 10.8. The molecule has 5 heteroatoms. The van der Waals surface area contributed by atoms with Crippen molar-refractivity contribution in [3.63, 3.8) is 0 Å². The Balaban J connectivity index is 1.80. The van der Waals surface area contributed by atoms with Gasteiger partial charge in [-0.05, 0) is 18.4 Å². The molecular formula is C11H15NO4. The van der Waals surface area contributed by atoms with Crippen LogP contribution >= 0.6 is 0 Å². The Labute approximate surface area is 93.4 Å². The van der Waals surface area contributed by atoms with Crippen LogP contribution in [-0.4, -0.2) is 30.8 Å². The molecular weight excluding hydrogens is 210 g/mol. The normalized spacial score (nSPS) is 20.1. The molecule has 5 nitrogen and oxygen atoms in total. The second-order valence-electron chi connectivity index (χ2n) is 3.94. The fraction of sp³-hybridized carbons (Fsp3) is 0.545. The first-order valence-electron chi connectivity index (χ1n) is 5.35. The van der Waals surface area contributed by atoms with Gasteiger partial charge in [0.2, 0.25) is 5.76 Å². The molecule has 1 aliphatic rings. The lowest BCUT2D eigenvalue weighted by molar-refractivity contribution is 0.0660. The van der Waals surface area contributed by atoms with E-state index in [4.69, 9.17) is 14.3 Å². The van der Waals surface area contributed by atoms with E-state index in [-0.39, 0.29) is 5.76 Å². The average Bonchev–Trinajstić information content (AvgIpc) is 2.87. The molecule has 1 aliphatic heterocycles. The molecule has 0 radical (unpaired) electrons. The molecule has 0 spiro atoms. The molecule has 0 amide bonds. The van der Waals surface area contributed by atoms with Gasteiger partial charge in [-0.15, -0.1) is 0 Å². The predicted molar refractivity (Wildman–Crippen MR) is 56.3 cm³/mol. The lowest BCUT2D eigenvalue weighted by Gasteiger charge is -2.08. The van der Waals surface area contributed by atoms with Crippen molar-refractivity contribution in [2.75, 3.05) is 19.8 Å². The van der Waals surface area contributed by atoms with Crippen LogP contribution in [0.15, 0.2) is 16.7 Å². The summed E-state index contributed by atoms with van der Waals surface area (Å²) in [6.45, 7) is 3.00. The Hall–Kier alpha value is -1.33. The summed E-state index contributed by atoms with van der Waals surface area (Å²) in [5.74, 6) is -0.457. The van der Waals surface area contributed by atoms with Gasteiger partial charge in [-0.2, -0.15) is 0 Å². The van der Waals surface area contributed by atoms with Crippen molar-refractivity contribution in [2.45, 2.75) is 13.0 Å². The number of carboxylic acid groups (broad SMARTS) is 1. The van der Waals surface area contributed by atoms with E-state index in [1.807, 2.05) is 0 Å². The summed E-state index contributed by atoms with van der Waals surface area (Å²) < 4.78 is 10.1. The van der Waals surface area contributed by atoms with Gasteiger partial charge in [-0.1, -0.05) is 0 Å². The number of aromatic carboxylic acids is 1. The summed E-state index contributed by atoms with van der Waals surface area (Å²) in [6.07, 6.45) is 2.48. The Morgan fingerprint density at radius 2 is 2.50 bits per heavy atom. The third kappa shape index (κ3) is 2.62. The summed E-state index contributed by atoms with van der Waals surface area (Å²) in [7, 11) is 0. The van der Waals surface area contributed by atoms with Crippen LogP contribution < -0.4 is 5.32 Å². The highest BCUT2D eigenvalue weighted by molar-refractivity contribution is 5.86. The zero-order valence-electron chi connectivity index (χ0n) is 8.94. The second kappa shape index (κ2) is 5.14. The van der Waals surface area contributed by atoms with Gasteiger partial charge in [0.25, 0.3) is 0 Å².